The SMILES string of the molecule is CCC(C)(C)C(C)OCC1C2CC(C)CC(C)CC12. The van der Waals surface area contributed by atoms with Gasteiger partial charge in [0, 0.05) is 0 Å². The summed E-state index contributed by atoms with van der Waals surface area (Å²) >= 11 is 0. The zero-order valence-corrected chi connectivity index (χ0v) is 13.9. The summed E-state index contributed by atoms with van der Waals surface area (Å²) in [6, 6.07) is 0. The van der Waals surface area contributed by atoms with Crippen LogP contribution in [0.1, 0.15) is 67.2 Å². The molecule has 1 heteroatoms. The van der Waals surface area contributed by atoms with E-state index in [1.807, 2.05) is 0 Å². The molecule has 0 amide bonds. The van der Waals surface area contributed by atoms with Crippen molar-refractivity contribution in [2.45, 2.75) is 73.3 Å². The topological polar surface area (TPSA) is 9.23 Å². The van der Waals surface area contributed by atoms with Crippen molar-refractivity contribution in [3.63, 3.8) is 0 Å². The molecule has 0 aromatic heterocycles. The van der Waals surface area contributed by atoms with E-state index in [2.05, 4.69) is 41.5 Å². The monoisotopic (exact) mass is 266 g/mol. The van der Waals surface area contributed by atoms with E-state index in [-0.39, 0.29) is 0 Å². The highest BCUT2D eigenvalue weighted by molar-refractivity contribution is 5.00. The van der Waals surface area contributed by atoms with Crippen molar-refractivity contribution in [3.8, 4) is 0 Å². The maximum Gasteiger partial charge on any atom is 0.0597 e. The molecule has 2 saturated carbocycles. The lowest BCUT2D eigenvalue weighted by molar-refractivity contribution is -0.0230. The third-order valence-corrected chi connectivity index (χ3v) is 6.21. The van der Waals surface area contributed by atoms with Crippen LogP contribution in [0.4, 0.5) is 0 Å². The van der Waals surface area contributed by atoms with E-state index in [0.717, 1.165) is 36.2 Å². The molecule has 0 spiro atoms. The van der Waals surface area contributed by atoms with E-state index >= 15 is 0 Å². The lowest BCUT2D eigenvalue weighted by Gasteiger charge is -2.30. The fraction of sp³-hybridized carbons (Fsp3) is 1.00. The Morgan fingerprint density at radius 3 is 2.05 bits per heavy atom. The van der Waals surface area contributed by atoms with Gasteiger partial charge in [0.1, 0.15) is 0 Å². The van der Waals surface area contributed by atoms with Gasteiger partial charge in [-0.3, -0.25) is 0 Å². The summed E-state index contributed by atoms with van der Waals surface area (Å²) in [5, 5.41) is 0. The molecular formula is C18H34O. The molecule has 1 nitrogen and oxygen atoms in total. The zero-order valence-electron chi connectivity index (χ0n) is 13.9. The van der Waals surface area contributed by atoms with Crippen molar-refractivity contribution < 1.29 is 4.74 Å². The van der Waals surface area contributed by atoms with Gasteiger partial charge in [0.2, 0.25) is 0 Å². The average molecular weight is 266 g/mol. The second-order valence-electron chi connectivity index (χ2n) is 8.23. The number of rotatable bonds is 5. The highest BCUT2D eigenvalue weighted by atomic mass is 16.5. The molecule has 0 bridgehead atoms. The molecule has 5 atom stereocenters. The molecule has 5 unspecified atom stereocenters. The van der Waals surface area contributed by atoms with Gasteiger partial charge >= 0.3 is 0 Å². The van der Waals surface area contributed by atoms with Crippen LogP contribution in [0.15, 0.2) is 0 Å². The summed E-state index contributed by atoms with van der Waals surface area (Å²) in [6.07, 6.45) is 5.93. The van der Waals surface area contributed by atoms with Crippen LogP contribution in [0.3, 0.4) is 0 Å². The molecule has 0 radical (unpaired) electrons. The van der Waals surface area contributed by atoms with E-state index in [1.165, 1.54) is 25.7 Å². The van der Waals surface area contributed by atoms with Gasteiger partial charge in [-0.25, -0.2) is 0 Å². The molecule has 19 heavy (non-hydrogen) atoms. The van der Waals surface area contributed by atoms with Crippen LogP contribution >= 0.6 is 0 Å². The maximum absolute atomic E-state index is 6.22. The Morgan fingerprint density at radius 2 is 1.58 bits per heavy atom. The van der Waals surface area contributed by atoms with Crippen LogP contribution < -0.4 is 0 Å². The van der Waals surface area contributed by atoms with Crippen molar-refractivity contribution in [1.82, 2.24) is 0 Å². The van der Waals surface area contributed by atoms with Crippen LogP contribution in [-0.4, -0.2) is 12.7 Å². The largest absolute Gasteiger partial charge is 0.378 e. The van der Waals surface area contributed by atoms with Crippen molar-refractivity contribution in [2.24, 2.45) is 35.0 Å². The third kappa shape index (κ3) is 3.54. The zero-order chi connectivity index (χ0) is 14.2. The summed E-state index contributed by atoms with van der Waals surface area (Å²) in [4.78, 5) is 0. The molecule has 0 heterocycles. The lowest BCUT2D eigenvalue weighted by atomic mass is 9.85. The minimum Gasteiger partial charge on any atom is -0.378 e. The third-order valence-electron chi connectivity index (χ3n) is 6.21. The van der Waals surface area contributed by atoms with Gasteiger partial charge in [0.15, 0.2) is 0 Å². The lowest BCUT2D eigenvalue weighted by Crippen LogP contribution is -2.29. The fourth-order valence-corrected chi connectivity index (χ4v) is 4.05. The second-order valence-corrected chi connectivity index (χ2v) is 8.23. The molecule has 0 N–H and O–H groups in total. The van der Waals surface area contributed by atoms with E-state index in [1.54, 1.807) is 0 Å². The van der Waals surface area contributed by atoms with E-state index in [9.17, 15) is 0 Å². The van der Waals surface area contributed by atoms with Gasteiger partial charge in [-0.15, -0.1) is 0 Å². The number of ether oxygens (including phenoxy) is 1. The number of hydrogen-bond donors (Lipinski definition) is 0. The summed E-state index contributed by atoms with van der Waals surface area (Å²) in [5.41, 5.74) is 0.317. The normalized spacial score (nSPS) is 40.4. The first-order chi connectivity index (χ1) is 8.85. The quantitative estimate of drug-likeness (QED) is 0.669. The second kappa shape index (κ2) is 5.76. The molecule has 112 valence electrons. The fourth-order valence-electron chi connectivity index (χ4n) is 4.05. The maximum atomic E-state index is 6.22. The van der Waals surface area contributed by atoms with Gasteiger partial charge in [0.25, 0.3) is 0 Å². The van der Waals surface area contributed by atoms with E-state index < -0.39 is 0 Å². The summed E-state index contributed by atoms with van der Waals surface area (Å²) in [5.74, 6) is 4.70. The van der Waals surface area contributed by atoms with Crippen LogP contribution in [-0.2, 0) is 4.74 Å². The van der Waals surface area contributed by atoms with Crippen LogP contribution in [0.5, 0.6) is 0 Å². The minimum atomic E-state index is 0.317. The van der Waals surface area contributed by atoms with Crippen LogP contribution in [0, 0.1) is 35.0 Å². The van der Waals surface area contributed by atoms with Crippen LogP contribution in [0.25, 0.3) is 0 Å². The highest BCUT2D eigenvalue weighted by Crippen LogP contribution is 2.56. The Labute approximate surface area is 120 Å². The van der Waals surface area contributed by atoms with Crippen molar-refractivity contribution in [2.75, 3.05) is 6.61 Å². The summed E-state index contributed by atoms with van der Waals surface area (Å²) in [6.45, 7) is 15.1. The van der Waals surface area contributed by atoms with Crippen molar-refractivity contribution >= 4 is 0 Å². The van der Waals surface area contributed by atoms with Gasteiger partial charge in [0.05, 0.1) is 12.7 Å². The predicted octanol–water partition coefficient (Wildman–Crippen LogP) is 5.15. The minimum absolute atomic E-state index is 0.317. The Kier molecular flexibility index (Phi) is 4.65. The molecule has 0 aliphatic heterocycles. The summed E-state index contributed by atoms with van der Waals surface area (Å²) < 4.78 is 6.22. The molecular weight excluding hydrogens is 232 g/mol. The van der Waals surface area contributed by atoms with Crippen LogP contribution in [0.2, 0.25) is 0 Å². The first-order valence-corrected chi connectivity index (χ1v) is 8.46. The van der Waals surface area contributed by atoms with E-state index in [4.69, 9.17) is 4.74 Å². The molecule has 2 aliphatic rings. The van der Waals surface area contributed by atoms with Gasteiger partial charge in [-0.1, -0.05) is 34.6 Å². The van der Waals surface area contributed by atoms with Crippen molar-refractivity contribution in [3.05, 3.63) is 0 Å². The Morgan fingerprint density at radius 1 is 1.05 bits per heavy atom. The molecule has 2 rings (SSSR count). The van der Waals surface area contributed by atoms with Gasteiger partial charge in [-0.2, -0.15) is 0 Å². The standard InChI is InChI=1S/C18H34O/c1-7-18(5,6)14(4)19-11-17-15-9-12(2)8-13(3)10-16(15)17/h12-17H,7-11H2,1-6H3. The average Bonchev–Trinajstić information content (AvgIpc) is 2.99. The van der Waals surface area contributed by atoms with E-state index in [0.29, 0.717) is 11.5 Å². The molecule has 2 aliphatic carbocycles. The number of hydrogen-bond acceptors (Lipinski definition) is 1. The Balaban J connectivity index is 1.80. The summed E-state index contributed by atoms with van der Waals surface area (Å²) in [7, 11) is 0. The first-order valence-electron chi connectivity index (χ1n) is 8.46. The van der Waals surface area contributed by atoms with Gasteiger partial charge in [-0.05, 0) is 67.6 Å². The highest BCUT2D eigenvalue weighted by Gasteiger charge is 2.51. The molecule has 0 aromatic rings. The molecule has 0 aromatic carbocycles. The molecule has 0 saturated heterocycles. The Bertz CT molecular complexity index is 280. The Hall–Kier alpha value is -0.0400. The smallest absolute Gasteiger partial charge is 0.0597 e. The molecule has 2 fully saturated rings. The van der Waals surface area contributed by atoms with Gasteiger partial charge < -0.3 is 4.74 Å². The predicted molar refractivity (Wildman–Crippen MR) is 82.1 cm³/mol. The first kappa shape index (κ1) is 15.4. The van der Waals surface area contributed by atoms with Crippen molar-refractivity contribution in [1.29, 1.82) is 0 Å². The number of fused-ring (bicyclic) bond motifs is 1.